The van der Waals surface area contributed by atoms with Crippen molar-refractivity contribution in [1.29, 1.82) is 5.26 Å². The molecule has 2 aromatic heterocycles. The summed E-state index contributed by atoms with van der Waals surface area (Å²) in [5.41, 5.74) is 0.299. The van der Waals surface area contributed by atoms with Crippen LogP contribution >= 0.6 is 15.9 Å². The van der Waals surface area contributed by atoms with Gasteiger partial charge in [0.2, 0.25) is 11.6 Å². The number of hydrogen-bond acceptors (Lipinski definition) is 6. The molecule has 0 spiro atoms. The van der Waals surface area contributed by atoms with Crippen molar-refractivity contribution in [2.75, 3.05) is 18.0 Å². The number of anilines is 1. The molecule has 144 valence electrons. The van der Waals surface area contributed by atoms with Crippen molar-refractivity contribution in [3.63, 3.8) is 0 Å². The molecule has 0 amide bonds. The van der Waals surface area contributed by atoms with Crippen LogP contribution in [0.1, 0.15) is 31.2 Å². The summed E-state index contributed by atoms with van der Waals surface area (Å²) < 4.78 is 18.5. The second-order valence-corrected chi connectivity index (χ2v) is 7.90. The molecule has 0 saturated carbocycles. The minimum Gasteiger partial charge on any atom is -0.486 e. The molecule has 1 aliphatic heterocycles. The van der Waals surface area contributed by atoms with Crippen molar-refractivity contribution in [3.8, 4) is 23.5 Å². The molecule has 0 aliphatic carbocycles. The van der Waals surface area contributed by atoms with E-state index in [4.69, 9.17) is 13.6 Å². The number of rotatable bonds is 5. The van der Waals surface area contributed by atoms with Crippen LogP contribution < -0.4 is 9.64 Å². The average Bonchev–Trinajstić information content (AvgIpc) is 3.34. The second-order valence-electron chi connectivity index (χ2n) is 6.99. The zero-order valence-electron chi connectivity index (χ0n) is 15.5. The van der Waals surface area contributed by atoms with Crippen LogP contribution in [-0.2, 0) is 6.61 Å². The van der Waals surface area contributed by atoms with Crippen molar-refractivity contribution in [2.45, 2.75) is 26.4 Å². The molecule has 3 heterocycles. The Morgan fingerprint density at radius 2 is 2.07 bits per heavy atom. The molecule has 1 atom stereocenters. The Balaban J connectivity index is 1.49. The van der Waals surface area contributed by atoms with Crippen LogP contribution in [0.3, 0.4) is 0 Å². The number of benzene rings is 1. The van der Waals surface area contributed by atoms with E-state index >= 15 is 0 Å². The highest BCUT2D eigenvalue weighted by Crippen LogP contribution is 2.32. The van der Waals surface area contributed by atoms with E-state index in [1.54, 1.807) is 6.07 Å². The van der Waals surface area contributed by atoms with Gasteiger partial charge in [0.05, 0.1) is 0 Å². The van der Waals surface area contributed by atoms with E-state index in [9.17, 15) is 5.26 Å². The number of aromatic nitrogens is 1. The molecule has 4 rings (SSSR count). The van der Waals surface area contributed by atoms with Crippen LogP contribution in [0.15, 0.2) is 49.7 Å². The van der Waals surface area contributed by atoms with E-state index in [-0.39, 0.29) is 0 Å². The maximum atomic E-state index is 9.46. The van der Waals surface area contributed by atoms with E-state index in [0.717, 1.165) is 29.7 Å². The van der Waals surface area contributed by atoms with Gasteiger partial charge >= 0.3 is 0 Å². The molecule has 6 nitrogen and oxygen atoms in total. The summed E-state index contributed by atoms with van der Waals surface area (Å²) in [5.74, 6) is 3.32. The first kappa shape index (κ1) is 18.6. The molecule has 1 saturated heterocycles. The summed E-state index contributed by atoms with van der Waals surface area (Å²) in [7, 11) is 0. The van der Waals surface area contributed by atoms with Crippen LogP contribution in [0, 0.1) is 17.2 Å². The number of oxazole rings is 1. The highest BCUT2D eigenvalue weighted by atomic mass is 79.9. The highest BCUT2D eigenvalue weighted by Gasteiger charge is 2.25. The quantitative estimate of drug-likeness (QED) is 0.528. The molecule has 28 heavy (non-hydrogen) atoms. The van der Waals surface area contributed by atoms with E-state index in [1.165, 1.54) is 6.42 Å². The number of furan rings is 1. The SMILES string of the molecule is CC1CCCN(c2oc(-c3ccc(COc4ccc(Br)cc4)o3)nc2C#N)C1. The zero-order valence-corrected chi connectivity index (χ0v) is 17.1. The summed E-state index contributed by atoms with van der Waals surface area (Å²) in [5, 5.41) is 9.46. The third-order valence-corrected chi connectivity index (χ3v) is 5.26. The molecule has 0 bridgehead atoms. The number of piperidine rings is 1. The molecular formula is C21H20BrN3O3. The Labute approximate surface area is 171 Å². The first-order valence-electron chi connectivity index (χ1n) is 9.25. The smallest absolute Gasteiger partial charge is 0.266 e. The molecule has 1 fully saturated rings. The van der Waals surface area contributed by atoms with Gasteiger partial charge in [-0.3, -0.25) is 0 Å². The van der Waals surface area contributed by atoms with Gasteiger partial charge in [-0.1, -0.05) is 22.9 Å². The van der Waals surface area contributed by atoms with Gasteiger partial charge in [-0.15, -0.1) is 0 Å². The fraction of sp³-hybridized carbons (Fsp3) is 0.333. The number of ether oxygens (including phenoxy) is 1. The van der Waals surface area contributed by atoms with Gasteiger partial charge in [0.15, 0.2) is 5.76 Å². The molecular weight excluding hydrogens is 422 g/mol. The fourth-order valence-electron chi connectivity index (χ4n) is 3.33. The van der Waals surface area contributed by atoms with E-state index < -0.39 is 0 Å². The van der Waals surface area contributed by atoms with Crippen LogP contribution in [0.2, 0.25) is 0 Å². The Morgan fingerprint density at radius 1 is 1.25 bits per heavy atom. The highest BCUT2D eigenvalue weighted by molar-refractivity contribution is 9.10. The van der Waals surface area contributed by atoms with E-state index in [0.29, 0.717) is 41.5 Å². The first-order chi connectivity index (χ1) is 13.6. The summed E-state index contributed by atoms with van der Waals surface area (Å²) >= 11 is 3.40. The largest absolute Gasteiger partial charge is 0.486 e. The molecule has 3 aromatic rings. The van der Waals surface area contributed by atoms with E-state index in [1.807, 2.05) is 30.3 Å². The van der Waals surface area contributed by atoms with Gasteiger partial charge < -0.3 is 18.5 Å². The van der Waals surface area contributed by atoms with Crippen molar-refractivity contribution in [3.05, 3.63) is 52.3 Å². The van der Waals surface area contributed by atoms with Gasteiger partial charge in [0.25, 0.3) is 5.89 Å². The number of halogens is 1. The Hall–Kier alpha value is -2.72. The van der Waals surface area contributed by atoms with E-state index in [2.05, 4.69) is 38.8 Å². The lowest BCUT2D eigenvalue weighted by atomic mass is 10.0. The topological polar surface area (TPSA) is 75.4 Å². The third-order valence-electron chi connectivity index (χ3n) is 4.73. The normalized spacial score (nSPS) is 16.8. The molecule has 1 aliphatic rings. The number of nitrogens with zero attached hydrogens (tertiary/aromatic N) is 3. The molecule has 0 radical (unpaired) electrons. The second kappa shape index (κ2) is 8.11. The van der Waals surface area contributed by atoms with Crippen LogP contribution in [-0.4, -0.2) is 18.1 Å². The zero-order chi connectivity index (χ0) is 19.5. The van der Waals surface area contributed by atoms with Crippen LogP contribution in [0.4, 0.5) is 5.88 Å². The summed E-state index contributed by atoms with van der Waals surface area (Å²) in [6.45, 7) is 4.25. The van der Waals surface area contributed by atoms with Gasteiger partial charge in [-0.25, -0.2) is 0 Å². The lowest BCUT2D eigenvalue weighted by Gasteiger charge is -2.30. The number of nitriles is 1. The van der Waals surface area contributed by atoms with Crippen LogP contribution in [0.25, 0.3) is 11.7 Å². The lowest BCUT2D eigenvalue weighted by molar-refractivity contribution is 0.271. The molecule has 0 N–H and O–H groups in total. The fourth-order valence-corrected chi connectivity index (χ4v) is 3.60. The van der Waals surface area contributed by atoms with Crippen molar-refractivity contribution in [2.24, 2.45) is 5.92 Å². The summed E-state index contributed by atoms with van der Waals surface area (Å²) in [4.78, 5) is 6.43. The predicted molar refractivity (Wildman–Crippen MR) is 108 cm³/mol. The third kappa shape index (κ3) is 4.07. The van der Waals surface area contributed by atoms with Gasteiger partial charge in [-0.2, -0.15) is 10.2 Å². The lowest BCUT2D eigenvalue weighted by Crippen LogP contribution is -2.34. The maximum Gasteiger partial charge on any atom is 0.266 e. The molecule has 7 heteroatoms. The Morgan fingerprint density at radius 3 is 2.82 bits per heavy atom. The van der Waals surface area contributed by atoms with Gasteiger partial charge in [0, 0.05) is 17.6 Å². The predicted octanol–water partition coefficient (Wildman–Crippen LogP) is 5.38. The van der Waals surface area contributed by atoms with Crippen molar-refractivity contribution < 1.29 is 13.6 Å². The monoisotopic (exact) mass is 441 g/mol. The molecule has 1 unspecified atom stereocenters. The van der Waals surface area contributed by atoms with Crippen LogP contribution in [0.5, 0.6) is 5.75 Å². The standard InChI is InChI=1S/C21H20BrN3O3/c1-14-3-2-10-25(12-14)21-18(11-23)24-20(28-21)19-9-8-17(27-19)13-26-16-6-4-15(22)5-7-16/h4-9,14H,2-3,10,12-13H2,1H3. The van der Waals surface area contributed by atoms with Crippen molar-refractivity contribution in [1.82, 2.24) is 4.98 Å². The summed E-state index contributed by atoms with van der Waals surface area (Å²) in [6, 6.07) is 13.4. The minimum atomic E-state index is 0.296. The Kier molecular flexibility index (Phi) is 5.40. The van der Waals surface area contributed by atoms with Crippen molar-refractivity contribution >= 4 is 21.8 Å². The maximum absolute atomic E-state index is 9.46. The Bertz CT molecular complexity index is 987. The molecule has 1 aromatic carbocycles. The van der Waals surface area contributed by atoms with Gasteiger partial charge in [-0.05, 0) is 55.2 Å². The number of hydrogen-bond donors (Lipinski definition) is 0. The average molecular weight is 442 g/mol. The minimum absolute atomic E-state index is 0.296. The van der Waals surface area contributed by atoms with Gasteiger partial charge in [0.1, 0.15) is 24.2 Å². The summed E-state index contributed by atoms with van der Waals surface area (Å²) in [6.07, 6.45) is 2.28. The first-order valence-corrected chi connectivity index (χ1v) is 10.0.